The van der Waals surface area contributed by atoms with Crippen LogP contribution in [-0.4, -0.2) is 5.91 Å². The number of hydrogen-bond donors (Lipinski definition) is 1. The van der Waals surface area contributed by atoms with Crippen molar-refractivity contribution >= 4 is 5.91 Å². The predicted molar refractivity (Wildman–Crippen MR) is 90.7 cm³/mol. The number of carbonyl (C=O) groups excluding carboxylic acids is 1. The maximum absolute atomic E-state index is 11.8. The van der Waals surface area contributed by atoms with Crippen LogP contribution in [0.15, 0.2) is 78.9 Å². The minimum atomic E-state index is -0.495. The van der Waals surface area contributed by atoms with E-state index in [0.29, 0.717) is 23.5 Å². The molecule has 0 aromatic heterocycles. The Kier molecular flexibility index (Phi) is 4.39. The van der Waals surface area contributed by atoms with Gasteiger partial charge in [0.05, 0.1) is 5.56 Å². The number of hydrogen-bond acceptors (Lipinski definition) is 2. The molecular formula is C20H17NO2. The summed E-state index contributed by atoms with van der Waals surface area (Å²) in [6.07, 6.45) is 0.671. The summed E-state index contributed by atoms with van der Waals surface area (Å²) in [5.41, 5.74) is 7.98. The van der Waals surface area contributed by atoms with E-state index < -0.39 is 5.91 Å². The van der Waals surface area contributed by atoms with Crippen LogP contribution < -0.4 is 10.5 Å². The summed E-state index contributed by atoms with van der Waals surface area (Å²) in [6, 6.07) is 24.9. The maximum atomic E-state index is 11.8. The summed E-state index contributed by atoms with van der Waals surface area (Å²) in [4.78, 5) is 11.8. The van der Waals surface area contributed by atoms with Crippen LogP contribution in [0.25, 0.3) is 0 Å². The largest absolute Gasteiger partial charge is 0.456 e. The monoisotopic (exact) mass is 303 g/mol. The number of rotatable bonds is 5. The minimum Gasteiger partial charge on any atom is -0.456 e. The van der Waals surface area contributed by atoms with Crippen LogP contribution >= 0.6 is 0 Å². The fraction of sp³-hybridized carbons (Fsp3) is 0.0500. The van der Waals surface area contributed by atoms with Gasteiger partial charge in [-0.25, -0.2) is 0 Å². The molecule has 0 aliphatic heterocycles. The average Bonchev–Trinajstić information content (AvgIpc) is 2.58. The predicted octanol–water partition coefficient (Wildman–Crippen LogP) is 4.17. The number of ether oxygens (including phenoxy) is 1. The molecule has 0 saturated carbocycles. The first kappa shape index (κ1) is 14.9. The van der Waals surface area contributed by atoms with Gasteiger partial charge in [0.1, 0.15) is 11.5 Å². The standard InChI is InChI=1S/C20H17NO2/c21-20(22)18-13-7-10-16(14-15-8-3-1-4-9-15)19(18)23-17-11-5-2-6-12-17/h1-13H,14H2,(H2,21,22). The van der Waals surface area contributed by atoms with Crippen molar-refractivity contribution in [3.05, 3.63) is 95.6 Å². The fourth-order valence-corrected chi connectivity index (χ4v) is 2.46. The van der Waals surface area contributed by atoms with E-state index in [0.717, 1.165) is 11.1 Å². The van der Waals surface area contributed by atoms with Crippen molar-refractivity contribution in [3.63, 3.8) is 0 Å². The molecule has 0 heterocycles. The van der Waals surface area contributed by atoms with E-state index in [4.69, 9.17) is 10.5 Å². The highest BCUT2D eigenvalue weighted by molar-refractivity contribution is 5.96. The Balaban J connectivity index is 2.01. The second kappa shape index (κ2) is 6.79. The maximum Gasteiger partial charge on any atom is 0.252 e. The fourth-order valence-electron chi connectivity index (χ4n) is 2.46. The lowest BCUT2D eigenvalue weighted by molar-refractivity contribution is 0.0998. The number of nitrogens with two attached hydrogens (primary N) is 1. The molecule has 0 unspecified atom stereocenters. The van der Waals surface area contributed by atoms with Crippen molar-refractivity contribution in [2.75, 3.05) is 0 Å². The van der Waals surface area contributed by atoms with Crippen molar-refractivity contribution in [2.24, 2.45) is 5.73 Å². The van der Waals surface area contributed by atoms with Gasteiger partial charge in [0, 0.05) is 6.42 Å². The third-order valence-electron chi connectivity index (χ3n) is 3.56. The van der Waals surface area contributed by atoms with E-state index in [1.807, 2.05) is 72.8 Å². The highest BCUT2D eigenvalue weighted by Crippen LogP contribution is 2.30. The summed E-state index contributed by atoms with van der Waals surface area (Å²) in [6.45, 7) is 0. The zero-order chi connectivity index (χ0) is 16.1. The Morgan fingerprint density at radius 1 is 0.826 bits per heavy atom. The first-order valence-electron chi connectivity index (χ1n) is 7.42. The lowest BCUT2D eigenvalue weighted by atomic mass is 10.0. The molecule has 3 rings (SSSR count). The van der Waals surface area contributed by atoms with Crippen LogP contribution in [0.1, 0.15) is 21.5 Å². The van der Waals surface area contributed by atoms with Gasteiger partial charge in [-0.2, -0.15) is 0 Å². The topological polar surface area (TPSA) is 52.3 Å². The van der Waals surface area contributed by atoms with Crippen molar-refractivity contribution in [2.45, 2.75) is 6.42 Å². The summed E-state index contributed by atoms with van der Waals surface area (Å²) in [7, 11) is 0. The molecule has 0 radical (unpaired) electrons. The molecule has 0 spiro atoms. The molecule has 23 heavy (non-hydrogen) atoms. The van der Waals surface area contributed by atoms with Crippen molar-refractivity contribution in [1.82, 2.24) is 0 Å². The first-order chi connectivity index (χ1) is 11.2. The Bertz CT molecular complexity index is 798. The normalized spacial score (nSPS) is 10.3. The van der Waals surface area contributed by atoms with Gasteiger partial charge in [0.25, 0.3) is 5.91 Å². The lowest BCUT2D eigenvalue weighted by Crippen LogP contribution is -2.13. The van der Waals surface area contributed by atoms with Crippen LogP contribution in [0.4, 0.5) is 0 Å². The van der Waals surface area contributed by atoms with E-state index in [-0.39, 0.29) is 0 Å². The van der Waals surface area contributed by atoms with Crippen LogP contribution in [0.5, 0.6) is 11.5 Å². The Morgan fingerprint density at radius 3 is 2.13 bits per heavy atom. The number of amides is 1. The SMILES string of the molecule is NC(=O)c1cccc(Cc2ccccc2)c1Oc1ccccc1. The molecule has 2 N–H and O–H groups in total. The Labute approximate surface area is 135 Å². The molecule has 3 aromatic rings. The van der Waals surface area contributed by atoms with Gasteiger partial charge in [-0.3, -0.25) is 4.79 Å². The molecule has 0 aliphatic carbocycles. The number of carbonyl (C=O) groups is 1. The number of para-hydroxylation sites is 2. The van der Waals surface area contributed by atoms with Gasteiger partial charge in [-0.1, -0.05) is 60.7 Å². The molecule has 3 aromatic carbocycles. The third-order valence-corrected chi connectivity index (χ3v) is 3.56. The third kappa shape index (κ3) is 3.58. The summed E-state index contributed by atoms with van der Waals surface area (Å²) in [5.74, 6) is 0.705. The molecule has 1 amide bonds. The molecule has 0 fully saturated rings. The van der Waals surface area contributed by atoms with Crippen LogP contribution in [0.3, 0.4) is 0 Å². The molecule has 0 atom stereocenters. The Morgan fingerprint density at radius 2 is 1.48 bits per heavy atom. The van der Waals surface area contributed by atoms with Gasteiger partial charge in [0.15, 0.2) is 0 Å². The zero-order valence-electron chi connectivity index (χ0n) is 12.6. The van der Waals surface area contributed by atoms with E-state index in [1.165, 1.54) is 0 Å². The number of benzene rings is 3. The summed E-state index contributed by atoms with van der Waals surface area (Å²) < 4.78 is 5.97. The van der Waals surface area contributed by atoms with Gasteiger partial charge >= 0.3 is 0 Å². The molecule has 0 saturated heterocycles. The molecule has 0 aliphatic rings. The summed E-state index contributed by atoms with van der Waals surface area (Å²) in [5, 5.41) is 0. The molecule has 3 nitrogen and oxygen atoms in total. The average molecular weight is 303 g/mol. The molecule has 0 bridgehead atoms. The van der Waals surface area contributed by atoms with E-state index in [2.05, 4.69) is 0 Å². The van der Waals surface area contributed by atoms with E-state index in [1.54, 1.807) is 6.07 Å². The summed E-state index contributed by atoms with van der Waals surface area (Å²) >= 11 is 0. The molecular weight excluding hydrogens is 286 g/mol. The van der Waals surface area contributed by atoms with E-state index >= 15 is 0 Å². The van der Waals surface area contributed by atoms with Crippen LogP contribution in [0.2, 0.25) is 0 Å². The van der Waals surface area contributed by atoms with Crippen molar-refractivity contribution in [1.29, 1.82) is 0 Å². The highest BCUT2D eigenvalue weighted by Gasteiger charge is 2.15. The second-order valence-corrected chi connectivity index (χ2v) is 5.24. The van der Waals surface area contributed by atoms with Gasteiger partial charge < -0.3 is 10.5 Å². The van der Waals surface area contributed by atoms with Crippen LogP contribution in [-0.2, 0) is 6.42 Å². The molecule has 114 valence electrons. The zero-order valence-corrected chi connectivity index (χ0v) is 12.6. The number of primary amides is 1. The Hall–Kier alpha value is -3.07. The smallest absolute Gasteiger partial charge is 0.252 e. The van der Waals surface area contributed by atoms with Gasteiger partial charge in [0.2, 0.25) is 0 Å². The van der Waals surface area contributed by atoms with E-state index in [9.17, 15) is 4.79 Å². The lowest BCUT2D eigenvalue weighted by Gasteiger charge is -2.14. The molecule has 3 heteroatoms. The van der Waals surface area contributed by atoms with Gasteiger partial charge in [-0.05, 0) is 29.3 Å². The minimum absolute atomic E-state index is 0.391. The second-order valence-electron chi connectivity index (χ2n) is 5.24. The highest BCUT2D eigenvalue weighted by atomic mass is 16.5. The first-order valence-corrected chi connectivity index (χ1v) is 7.42. The van der Waals surface area contributed by atoms with Crippen molar-refractivity contribution in [3.8, 4) is 11.5 Å². The van der Waals surface area contributed by atoms with Gasteiger partial charge in [-0.15, -0.1) is 0 Å². The van der Waals surface area contributed by atoms with Crippen molar-refractivity contribution < 1.29 is 9.53 Å². The van der Waals surface area contributed by atoms with Crippen LogP contribution in [0, 0.1) is 0 Å². The quantitative estimate of drug-likeness (QED) is 0.769.